The van der Waals surface area contributed by atoms with E-state index in [1.165, 1.54) is 6.92 Å². The Morgan fingerprint density at radius 1 is 1.47 bits per heavy atom. The largest absolute Gasteiger partial charge is 0.479 e. The molecule has 0 saturated heterocycles. The van der Waals surface area contributed by atoms with E-state index in [4.69, 9.17) is 5.11 Å². The van der Waals surface area contributed by atoms with Gasteiger partial charge in [-0.25, -0.2) is 4.79 Å². The second-order valence-corrected chi connectivity index (χ2v) is 5.15. The third kappa shape index (κ3) is 4.11. The fourth-order valence-corrected chi connectivity index (χ4v) is 1.56. The molecule has 1 aromatic rings. The Kier molecular flexibility index (Phi) is 4.68. The first kappa shape index (κ1) is 14.2. The van der Waals surface area contributed by atoms with Gasteiger partial charge in [-0.1, -0.05) is 28.1 Å². The predicted molar refractivity (Wildman–Crippen MR) is 68.8 cm³/mol. The molecular formula is C12H16BrNO3. The lowest BCUT2D eigenvalue weighted by atomic mass is 10.1. The summed E-state index contributed by atoms with van der Waals surface area (Å²) in [6, 6.07) is 7.70. The van der Waals surface area contributed by atoms with E-state index < -0.39 is 11.6 Å². The molecule has 0 saturated carbocycles. The van der Waals surface area contributed by atoms with Gasteiger partial charge in [0.25, 0.3) is 0 Å². The van der Waals surface area contributed by atoms with Gasteiger partial charge in [0.1, 0.15) is 0 Å². The van der Waals surface area contributed by atoms with Crippen molar-refractivity contribution in [3.63, 3.8) is 0 Å². The van der Waals surface area contributed by atoms with E-state index in [0.717, 1.165) is 10.0 Å². The van der Waals surface area contributed by atoms with Crippen molar-refractivity contribution in [3.05, 3.63) is 34.3 Å². The minimum atomic E-state index is -1.75. The van der Waals surface area contributed by atoms with Gasteiger partial charge in [0, 0.05) is 17.1 Å². The number of carboxylic acids is 1. The van der Waals surface area contributed by atoms with Gasteiger partial charge in [0.2, 0.25) is 0 Å². The number of aliphatic hydroxyl groups is 1. The summed E-state index contributed by atoms with van der Waals surface area (Å²) < 4.78 is 0.992. The van der Waals surface area contributed by atoms with Gasteiger partial charge in [0.15, 0.2) is 5.60 Å². The topological polar surface area (TPSA) is 69.6 Å². The highest BCUT2D eigenvalue weighted by molar-refractivity contribution is 9.10. The molecule has 0 spiro atoms. The van der Waals surface area contributed by atoms with E-state index in [-0.39, 0.29) is 12.6 Å². The SMILES string of the molecule is C[C@@H](NCC(C)(O)C(=O)O)c1ccc(Br)cc1. The summed E-state index contributed by atoms with van der Waals surface area (Å²) in [6.45, 7) is 3.19. The average Bonchev–Trinajstić information content (AvgIpc) is 2.27. The van der Waals surface area contributed by atoms with Crippen molar-refractivity contribution in [3.8, 4) is 0 Å². The fraction of sp³-hybridized carbons (Fsp3) is 0.417. The summed E-state index contributed by atoms with van der Waals surface area (Å²) in [5.41, 5.74) is -0.710. The molecule has 4 nitrogen and oxygen atoms in total. The highest BCUT2D eigenvalue weighted by atomic mass is 79.9. The van der Waals surface area contributed by atoms with E-state index in [0.29, 0.717) is 0 Å². The van der Waals surface area contributed by atoms with Crippen LogP contribution >= 0.6 is 15.9 Å². The highest BCUT2D eigenvalue weighted by Crippen LogP contribution is 2.17. The van der Waals surface area contributed by atoms with E-state index in [9.17, 15) is 9.90 Å². The summed E-state index contributed by atoms with van der Waals surface area (Å²) >= 11 is 3.35. The van der Waals surface area contributed by atoms with Gasteiger partial charge in [-0.2, -0.15) is 0 Å². The Morgan fingerprint density at radius 3 is 2.47 bits per heavy atom. The van der Waals surface area contributed by atoms with E-state index in [2.05, 4.69) is 21.2 Å². The number of carboxylic acid groups (broad SMARTS) is 1. The standard InChI is InChI=1S/C12H16BrNO3/c1-8(9-3-5-10(13)6-4-9)14-7-12(2,17)11(15)16/h3-6,8,14,17H,7H2,1-2H3,(H,15,16)/t8-,12?/m1/s1. The van der Waals surface area contributed by atoms with Gasteiger partial charge in [-0.15, -0.1) is 0 Å². The van der Waals surface area contributed by atoms with Crippen molar-refractivity contribution in [2.24, 2.45) is 0 Å². The first-order valence-electron chi connectivity index (χ1n) is 5.27. The molecule has 0 bridgehead atoms. The molecule has 0 radical (unpaired) electrons. The highest BCUT2D eigenvalue weighted by Gasteiger charge is 2.29. The molecule has 3 N–H and O–H groups in total. The van der Waals surface area contributed by atoms with E-state index in [1.54, 1.807) is 0 Å². The Morgan fingerprint density at radius 2 is 2.00 bits per heavy atom. The van der Waals surface area contributed by atoms with Gasteiger partial charge in [0.05, 0.1) is 0 Å². The molecule has 0 aliphatic carbocycles. The van der Waals surface area contributed by atoms with Crippen LogP contribution in [0, 0.1) is 0 Å². The first-order valence-corrected chi connectivity index (χ1v) is 6.07. The number of nitrogens with one attached hydrogen (secondary N) is 1. The molecule has 0 amide bonds. The second kappa shape index (κ2) is 5.62. The molecule has 17 heavy (non-hydrogen) atoms. The van der Waals surface area contributed by atoms with Crippen molar-refractivity contribution in [2.75, 3.05) is 6.54 Å². The molecule has 1 aromatic carbocycles. The third-order valence-corrected chi connectivity index (χ3v) is 3.11. The number of rotatable bonds is 5. The second-order valence-electron chi connectivity index (χ2n) is 4.23. The minimum absolute atomic E-state index is 0.000433. The quantitative estimate of drug-likeness (QED) is 0.777. The van der Waals surface area contributed by atoms with Crippen LogP contribution in [-0.4, -0.2) is 28.3 Å². The number of aliphatic carboxylic acids is 1. The van der Waals surface area contributed by atoms with Crippen LogP contribution in [-0.2, 0) is 4.79 Å². The lowest BCUT2D eigenvalue weighted by Gasteiger charge is -2.22. The summed E-state index contributed by atoms with van der Waals surface area (Å²) in [5.74, 6) is -1.23. The Balaban J connectivity index is 2.58. The van der Waals surface area contributed by atoms with Crippen LogP contribution in [0.15, 0.2) is 28.7 Å². The normalized spacial score (nSPS) is 16.2. The summed E-state index contributed by atoms with van der Waals surface area (Å²) in [5, 5.41) is 21.3. The van der Waals surface area contributed by atoms with E-state index in [1.807, 2.05) is 31.2 Å². The lowest BCUT2D eigenvalue weighted by Crippen LogP contribution is -2.45. The van der Waals surface area contributed by atoms with Gasteiger partial charge in [-0.3, -0.25) is 0 Å². The molecular weight excluding hydrogens is 286 g/mol. The fourth-order valence-electron chi connectivity index (χ4n) is 1.30. The smallest absolute Gasteiger partial charge is 0.336 e. The van der Waals surface area contributed by atoms with E-state index >= 15 is 0 Å². The molecule has 94 valence electrons. The Labute approximate surface area is 109 Å². The molecule has 5 heteroatoms. The van der Waals surface area contributed by atoms with Crippen LogP contribution in [0.2, 0.25) is 0 Å². The van der Waals surface area contributed by atoms with Crippen LogP contribution in [0.5, 0.6) is 0 Å². The maximum absolute atomic E-state index is 10.7. The zero-order valence-electron chi connectivity index (χ0n) is 9.77. The lowest BCUT2D eigenvalue weighted by molar-refractivity contribution is -0.156. The molecule has 0 heterocycles. The van der Waals surface area contributed by atoms with Crippen molar-refractivity contribution in [1.29, 1.82) is 0 Å². The van der Waals surface area contributed by atoms with Crippen LogP contribution in [0.1, 0.15) is 25.5 Å². The van der Waals surface area contributed by atoms with Gasteiger partial charge < -0.3 is 15.5 Å². The molecule has 1 unspecified atom stereocenters. The number of hydrogen-bond donors (Lipinski definition) is 3. The molecule has 2 atom stereocenters. The number of halogens is 1. The van der Waals surface area contributed by atoms with Crippen molar-refractivity contribution in [1.82, 2.24) is 5.32 Å². The first-order chi connectivity index (χ1) is 7.83. The zero-order valence-corrected chi connectivity index (χ0v) is 11.4. The Hall–Kier alpha value is -0.910. The molecule has 0 aliphatic heterocycles. The monoisotopic (exact) mass is 301 g/mol. The van der Waals surface area contributed by atoms with Crippen LogP contribution in [0.3, 0.4) is 0 Å². The van der Waals surface area contributed by atoms with Crippen LogP contribution in [0.25, 0.3) is 0 Å². The van der Waals surface area contributed by atoms with Crippen molar-refractivity contribution < 1.29 is 15.0 Å². The molecule has 0 aromatic heterocycles. The maximum Gasteiger partial charge on any atom is 0.336 e. The maximum atomic E-state index is 10.7. The summed E-state index contributed by atoms with van der Waals surface area (Å²) in [4.78, 5) is 10.7. The number of hydrogen-bond acceptors (Lipinski definition) is 3. The Bertz CT molecular complexity index is 389. The number of benzene rings is 1. The van der Waals surface area contributed by atoms with Crippen LogP contribution < -0.4 is 5.32 Å². The molecule has 1 rings (SSSR count). The zero-order chi connectivity index (χ0) is 13.1. The predicted octanol–water partition coefficient (Wildman–Crippen LogP) is 1.94. The summed E-state index contributed by atoms with van der Waals surface area (Å²) in [6.07, 6.45) is 0. The third-order valence-electron chi connectivity index (χ3n) is 2.58. The average molecular weight is 302 g/mol. The number of carbonyl (C=O) groups is 1. The minimum Gasteiger partial charge on any atom is -0.479 e. The molecule has 0 fully saturated rings. The van der Waals surface area contributed by atoms with Gasteiger partial charge in [-0.05, 0) is 31.5 Å². The van der Waals surface area contributed by atoms with Gasteiger partial charge >= 0.3 is 5.97 Å². The van der Waals surface area contributed by atoms with Crippen LogP contribution in [0.4, 0.5) is 0 Å². The summed E-state index contributed by atoms with van der Waals surface area (Å²) in [7, 11) is 0. The van der Waals surface area contributed by atoms with Crippen molar-refractivity contribution >= 4 is 21.9 Å². The molecule has 0 aliphatic rings. The van der Waals surface area contributed by atoms with Crippen molar-refractivity contribution in [2.45, 2.75) is 25.5 Å².